The molecule has 109 heavy (non-hydrogen) atoms. The standard InChI is InChI=1S/C40H47N5O8S.C32H39N5O5S.C8H10O3.Na/c1-5-45(31-15-16-34(28(2)25-31)43-44-38-37(42-4)29(3)36(26-41)54-38)27-35(30-11-7-6-8-12-30)52-23-21-50-19-17-49-18-20-51-22-24-53-40(48)33-14-10-9-13-32(33)39(46)47;1-6-37(27-12-13-28(24(2)22-27)35-36-32-30(33-4)25(3)31(34-5)43-32)23-29(26-10-8-7-9-11-26)42-21-20-41-19-18-40-17-16-39-15-14-38;9-7-5-3-1-2-4-6(5)8(10)11-7;/h6-8,11-12,15-16,25,35H,5,9-10,13-14,17-24,27H2,1-3H3,(H,46,47);7-13,22,29,38H,6,14-21,23H2,1-3H3;5-6H,1-4H2;/q;;;+1/p-1. The molecule has 574 valence electrons. The summed E-state index contributed by atoms with van der Waals surface area (Å²) in [5.74, 6) is -2.71. The van der Waals surface area contributed by atoms with E-state index >= 15 is 0 Å². The Labute approximate surface area is 668 Å². The molecule has 0 radical (unpaired) electrons. The zero-order valence-electron chi connectivity index (χ0n) is 63.2. The number of anilines is 2. The van der Waals surface area contributed by atoms with Crippen molar-refractivity contribution in [2.75, 3.05) is 142 Å². The van der Waals surface area contributed by atoms with Gasteiger partial charge in [-0.1, -0.05) is 80.4 Å². The number of rotatable bonds is 41. The van der Waals surface area contributed by atoms with Crippen molar-refractivity contribution in [1.82, 2.24) is 0 Å². The van der Waals surface area contributed by atoms with Gasteiger partial charge in [-0.2, -0.15) is 25.7 Å². The van der Waals surface area contributed by atoms with Crippen molar-refractivity contribution in [3.8, 4) is 6.07 Å². The van der Waals surface area contributed by atoms with Crippen LogP contribution in [0.4, 0.5) is 49.1 Å². The van der Waals surface area contributed by atoms with E-state index in [0.717, 1.165) is 85.2 Å². The average molecular weight is 1540 g/mol. The maximum Gasteiger partial charge on any atom is 1.00 e. The second-order valence-electron chi connectivity index (χ2n) is 25.0. The molecule has 3 heterocycles. The summed E-state index contributed by atoms with van der Waals surface area (Å²) in [5.41, 5.74) is 9.77. The van der Waals surface area contributed by atoms with Crippen LogP contribution in [-0.2, 0) is 66.5 Å². The number of aliphatic hydroxyl groups excluding tert-OH is 1. The summed E-state index contributed by atoms with van der Waals surface area (Å²) in [7, 11) is 0. The largest absolute Gasteiger partial charge is 1.00 e. The molecule has 2 fully saturated rings. The van der Waals surface area contributed by atoms with Crippen LogP contribution >= 0.6 is 22.7 Å². The zero-order valence-corrected chi connectivity index (χ0v) is 66.8. The third kappa shape index (κ3) is 28.4. The Morgan fingerprint density at radius 1 is 0.578 bits per heavy atom. The number of aliphatic hydroxyl groups is 1. The fraction of sp³-hybridized carbons (Fsp3) is 0.475. The molecular formula is C80H95N10NaO16S2. The SMILES string of the molecule is O=C1OC(=O)C2CCCCC12.[C-]#[N+]c1c(N=Nc2ccc(N(CC)CC(OCCOCCOCCOCCOC(=O)C3=C(C(=O)[O-])CCCC3)c3ccccc3)cc2C)sc(C#N)c1C.[C-]#[N+]c1sc(N=Nc2ccc(N(CC)CC(OCCOCCOCCOCCO)c3ccccc3)cc2C)c([N+]#[C-])c1C.[Na+]. The van der Waals surface area contributed by atoms with Crippen molar-refractivity contribution in [2.24, 2.45) is 32.3 Å². The van der Waals surface area contributed by atoms with Crippen molar-refractivity contribution < 1.29 is 106 Å². The van der Waals surface area contributed by atoms with Crippen molar-refractivity contribution in [1.29, 1.82) is 5.26 Å². The second kappa shape index (κ2) is 49.6. The number of esters is 3. The Bertz CT molecular complexity index is 4130. The van der Waals surface area contributed by atoms with Crippen LogP contribution in [0.1, 0.15) is 116 Å². The molecule has 1 saturated carbocycles. The molecule has 0 spiro atoms. The van der Waals surface area contributed by atoms with E-state index in [0.29, 0.717) is 166 Å². The van der Waals surface area contributed by atoms with E-state index in [1.54, 1.807) is 13.8 Å². The summed E-state index contributed by atoms with van der Waals surface area (Å²) < 4.78 is 55.4. The predicted molar refractivity (Wildman–Crippen MR) is 408 cm³/mol. The summed E-state index contributed by atoms with van der Waals surface area (Å²) >= 11 is 2.36. The maximum atomic E-state index is 12.2. The number of aliphatic carboxylic acids is 1. The first-order valence-corrected chi connectivity index (χ1v) is 37.8. The molecule has 2 aliphatic carbocycles. The van der Waals surface area contributed by atoms with Gasteiger partial charge in [-0.3, -0.25) is 9.59 Å². The number of nitriles is 1. The Morgan fingerprint density at radius 2 is 1.00 bits per heavy atom. The molecule has 0 amide bonds. The second-order valence-corrected chi connectivity index (χ2v) is 27.0. The van der Waals surface area contributed by atoms with Gasteiger partial charge in [0.15, 0.2) is 0 Å². The van der Waals surface area contributed by atoms with E-state index in [1.165, 1.54) is 22.7 Å². The van der Waals surface area contributed by atoms with Gasteiger partial charge in [0, 0.05) is 43.1 Å². The van der Waals surface area contributed by atoms with Crippen LogP contribution in [0.3, 0.4) is 0 Å². The molecule has 0 bridgehead atoms. The van der Waals surface area contributed by atoms with Gasteiger partial charge in [0.1, 0.15) is 34.9 Å². The van der Waals surface area contributed by atoms with Crippen LogP contribution in [0.5, 0.6) is 0 Å². The van der Waals surface area contributed by atoms with Gasteiger partial charge in [-0.05, 0) is 148 Å². The number of carboxylic acids is 1. The number of azo groups is 2. The van der Waals surface area contributed by atoms with E-state index < -0.39 is 11.9 Å². The normalized spacial score (nSPS) is 15.0. The number of carboxylic acid groups (broad SMARTS) is 1. The predicted octanol–water partition coefficient (Wildman–Crippen LogP) is 12.4. The topological polar surface area (TPSA) is 297 Å². The summed E-state index contributed by atoms with van der Waals surface area (Å²) in [5, 5.41) is 48.1. The van der Waals surface area contributed by atoms with Crippen molar-refractivity contribution in [3.63, 3.8) is 0 Å². The van der Waals surface area contributed by atoms with Crippen molar-refractivity contribution in [3.05, 3.63) is 181 Å². The number of nitrogens with zero attached hydrogens (tertiary/aromatic N) is 10. The molecule has 1 saturated heterocycles. The first-order chi connectivity index (χ1) is 52.6. The van der Waals surface area contributed by atoms with Gasteiger partial charge in [0.25, 0.3) is 0 Å². The molecule has 4 aromatic carbocycles. The minimum absolute atomic E-state index is 0. The molecule has 6 aromatic rings. The molecule has 3 aliphatic rings. The molecule has 1 N–H and O–H groups in total. The molecule has 26 nitrogen and oxygen atoms in total. The third-order valence-electron chi connectivity index (χ3n) is 17.9. The number of cyclic esters (lactones) is 2. The minimum atomic E-state index is -1.31. The Morgan fingerprint density at radius 3 is 1.41 bits per heavy atom. The number of ether oxygens (including phenoxy) is 10. The van der Waals surface area contributed by atoms with Crippen LogP contribution in [0, 0.1) is 70.6 Å². The van der Waals surface area contributed by atoms with Crippen molar-refractivity contribution in [2.45, 2.75) is 105 Å². The summed E-state index contributed by atoms with van der Waals surface area (Å²) in [6, 6.07) is 34.4. The van der Waals surface area contributed by atoms with Crippen LogP contribution in [0.15, 0.2) is 129 Å². The molecule has 2 aromatic heterocycles. The number of benzene rings is 4. The summed E-state index contributed by atoms with van der Waals surface area (Å²) in [6.07, 6.45) is 5.63. The number of carbonyl (C=O) groups excluding carboxylic acids is 4. The van der Waals surface area contributed by atoms with Crippen LogP contribution < -0.4 is 44.5 Å². The monoisotopic (exact) mass is 1540 g/mol. The number of hydrogen-bond donors (Lipinski definition) is 1. The van der Waals surface area contributed by atoms with E-state index in [4.69, 9.17) is 67.5 Å². The van der Waals surface area contributed by atoms with E-state index in [1.807, 2.05) is 74.5 Å². The van der Waals surface area contributed by atoms with Gasteiger partial charge in [-0.25, -0.2) is 19.3 Å². The number of likely N-dealkylation sites (N-methyl/N-ethyl adjacent to an activating group) is 2. The first-order valence-electron chi connectivity index (χ1n) is 36.2. The van der Waals surface area contributed by atoms with Gasteiger partial charge < -0.3 is 72.2 Å². The number of carbonyl (C=O) groups is 4. The number of aryl methyl sites for hydroxylation is 2. The molecular weight excluding hydrogens is 1440 g/mol. The van der Waals surface area contributed by atoms with E-state index in [2.05, 4.69) is 106 Å². The average Bonchev–Trinajstić information content (AvgIpc) is 1.75. The number of hydrogen-bond acceptors (Lipinski definition) is 25. The third-order valence-corrected chi connectivity index (χ3v) is 20.0. The maximum absolute atomic E-state index is 12.2. The molecule has 4 unspecified atom stereocenters. The Hall–Kier alpha value is -8.50. The van der Waals surface area contributed by atoms with Crippen LogP contribution in [0.25, 0.3) is 14.5 Å². The Balaban J connectivity index is 0.000000300. The minimum Gasteiger partial charge on any atom is -0.545 e. The summed E-state index contributed by atoms with van der Waals surface area (Å²) in [6.45, 7) is 42.2. The smallest absolute Gasteiger partial charge is 0.545 e. The molecule has 29 heteroatoms. The van der Waals surface area contributed by atoms with E-state index in [9.17, 15) is 29.5 Å². The Kier molecular flexibility index (Phi) is 40.7. The van der Waals surface area contributed by atoms with Gasteiger partial charge in [-0.15, -0.1) is 22.7 Å². The zero-order chi connectivity index (χ0) is 77.4. The van der Waals surface area contributed by atoms with Crippen molar-refractivity contribution >= 4 is 95.7 Å². The fourth-order valence-electron chi connectivity index (χ4n) is 12.0. The number of fused-ring (bicyclic) bond motifs is 1. The molecule has 9 rings (SSSR count). The van der Waals surface area contributed by atoms with Gasteiger partial charge in [0.2, 0.25) is 16.4 Å². The van der Waals surface area contributed by atoms with Crippen LogP contribution in [0.2, 0.25) is 0 Å². The summed E-state index contributed by atoms with van der Waals surface area (Å²) in [4.78, 5) is 61.0. The van der Waals surface area contributed by atoms with Gasteiger partial charge >= 0.3 is 47.5 Å². The first kappa shape index (κ1) is 89.4. The number of thiophene rings is 2. The fourth-order valence-corrected chi connectivity index (χ4v) is 13.7. The van der Waals surface area contributed by atoms with Gasteiger partial charge in [0.05, 0.1) is 153 Å². The van der Waals surface area contributed by atoms with E-state index in [-0.39, 0.29) is 96.5 Å². The van der Waals surface area contributed by atoms with Crippen LogP contribution in [-0.4, -0.2) is 161 Å². The molecule has 4 atom stereocenters. The molecule has 1 aliphatic heterocycles. The quantitative estimate of drug-likeness (QED) is 0.00931.